The van der Waals surface area contributed by atoms with E-state index >= 15 is 0 Å². The zero-order valence-corrected chi connectivity index (χ0v) is 22.2. The van der Waals surface area contributed by atoms with Crippen LogP contribution in [0.5, 0.6) is 0 Å². The topological polar surface area (TPSA) is 17.3 Å². The number of benzene rings is 4. The molecule has 2 heterocycles. The van der Waals surface area contributed by atoms with Crippen molar-refractivity contribution in [2.24, 2.45) is 4.99 Å². The molecule has 5 aromatic rings. The molecule has 0 saturated heterocycles. The van der Waals surface area contributed by atoms with Gasteiger partial charge in [0.15, 0.2) is 0 Å². The van der Waals surface area contributed by atoms with E-state index in [1.807, 2.05) is 12.1 Å². The van der Waals surface area contributed by atoms with Crippen LogP contribution in [0.1, 0.15) is 45.0 Å². The molecule has 0 saturated carbocycles. The summed E-state index contributed by atoms with van der Waals surface area (Å²) in [4.78, 5) is 5.01. The number of rotatable bonds is 5. The van der Waals surface area contributed by atoms with Crippen LogP contribution in [0.2, 0.25) is 0 Å². The van der Waals surface area contributed by atoms with Crippen molar-refractivity contribution in [2.45, 2.75) is 39.2 Å². The van der Waals surface area contributed by atoms with E-state index in [0.717, 1.165) is 28.2 Å². The molecular weight excluding hydrogens is 467 g/mol. The lowest BCUT2D eigenvalue weighted by Crippen LogP contribution is -2.24. The van der Waals surface area contributed by atoms with Gasteiger partial charge in [0.2, 0.25) is 0 Å². The van der Waals surface area contributed by atoms with Crippen LogP contribution in [0.4, 0.5) is 10.1 Å². The van der Waals surface area contributed by atoms with E-state index in [4.69, 9.17) is 4.99 Å². The van der Waals surface area contributed by atoms with Gasteiger partial charge in [0, 0.05) is 33.6 Å². The second-order valence-corrected chi connectivity index (χ2v) is 10.8. The van der Waals surface area contributed by atoms with Gasteiger partial charge in [-0.1, -0.05) is 86.7 Å². The minimum Gasteiger partial charge on any atom is -0.338 e. The molecule has 1 aliphatic rings. The van der Waals surface area contributed by atoms with E-state index in [9.17, 15) is 4.39 Å². The zero-order chi connectivity index (χ0) is 26.4. The monoisotopic (exact) mass is 498 g/mol. The first-order valence-electron chi connectivity index (χ1n) is 13.2. The van der Waals surface area contributed by atoms with Gasteiger partial charge >= 0.3 is 0 Å². The second kappa shape index (κ2) is 9.25. The molecule has 0 aliphatic carbocycles. The largest absolute Gasteiger partial charge is 0.338 e. The van der Waals surface area contributed by atoms with Crippen LogP contribution in [0, 0.1) is 5.82 Å². The summed E-state index contributed by atoms with van der Waals surface area (Å²) in [5.41, 5.74) is 7.62. The SMILES string of the molecule is CC(C)n1c(/C=C/C=C/C2=Nc3ccc4ccccc4c3C2(C)C)c(-c2ccc(F)cc2)c2ccccc21. The van der Waals surface area contributed by atoms with Gasteiger partial charge in [-0.05, 0) is 72.2 Å². The number of hydrogen-bond donors (Lipinski definition) is 0. The van der Waals surface area contributed by atoms with Crippen molar-refractivity contribution in [2.75, 3.05) is 0 Å². The average Bonchev–Trinajstić information content (AvgIpc) is 3.38. The molecule has 1 aromatic heterocycles. The normalized spacial score (nSPS) is 14.8. The molecular formula is C35H31FN2. The standard InChI is InChI=1S/C35H31FN2/c1-23(2)38-30-14-8-7-13-28(30)33(25-17-20-26(36)21-18-25)31(38)15-9-10-16-32-35(3,4)34-27-12-6-5-11-24(27)19-22-29(34)37-32/h5-23H,1-4H3/b15-9+,16-10+. The number of allylic oxidation sites excluding steroid dienone is 3. The lowest BCUT2D eigenvalue weighted by molar-refractivity contribution is 0.618. The Labute approximate surface area is 223 Å². The van der Waals surface area contributed by atoms with Crippen molar-refractivity contribution in [3.63, 3.8) is 0 Å². The van der Waals surface area contributed by atoms with Crippen LogP contribution in [0.15, 0.2) is 108 Å². The summed E-state index contributed by atoms with van der Waals surface area (Å²) in [5.74, 6) is -0.227. The molecule has 2 nitrogen and oxygen atoms in total. The maximum absolute atomic E-state index is 13.8. The Bertz CT molecular complexity index is 1760. The van der Waals surface area contributed by atoms with Crippen molar-refractivity contribution in [1.82, 2.24) is 4.57 Å². The molecule has 0 fully saturated rings. The predicted octanol–water partition coefficient (Wildman–Crippen LogP) is 9.81. The molecule has 0 spiro atoms. The highest BCUT2D eigenvalue weighted by molar-refractivity contribution is 6.12. The molecule has 188 valence electrons. The van der Waals surface area contributed by atoms with E-state index in [0.29, 0.717) is 0 Å². The van der Waals surface area contributed by atoms with Crippen molar-refractivity contribution in [1.29, 1.82) is 0 Å². The average molecular weight is 499 g/mol. The molecule has 0 bridgehead atoms. The Kier molecular flexibility index (Phi) is 5.87. The fourth-order valence-electron chi connectivity index (χ4n) is 5.87. The van der Waals surface area contributed by atoms with Crippen molar-refractivity contribution in [3.8, 4) is 11.1 Å². The summed E-state index contributed by atoms with van der Waals surface area (Å²) in [6.45, 7) is 8.90. The predicted molar refractivity (Wildman–Crippen MR) is 160 cm³/mol. The van der Waals surface area contributed by atoms with Crippen LogP contribution in [-0.4, -0.2) is 10.3 Å². The van der Waals surface area contributed by atoms with Crippen LogP contribution < -0.4 is 0 Å². The molecule has 38 heavy (non-hydrogen) atoms. The Morgan fingerprint density at radius 2 is 1.47 bits per heavy atom. The molecule has 4 aromatic carbocycles. The number of para-hydroxylation sites is 1. The number of fused-ring (bicyclic) bond motifs is 4. The third kappa shape index (κ3) is 3.90. The summed E-state index contributed by atoms with van der Waals surface area (Å²) in [5, 5.41) is 3.68. The van der Waals surface area contributed by atoms with Crippen molar-refractivity contribution in [3.05, 3.63) is 120 Å². The minimum atomic E-state index is -0.227. The van der Waals surface area contributed by atoms with E-state index < -0.39 is 0 Å². The zero-order valence-electron chi connectivity index (χ0n) is 22.2. The Morgan fingerprint density at radius 3 is 2.24 bits per heavy atom. The molecule has 6 rings (SSSR count). The lowest BCUT2D eigenvalue weighted by atomic mass is 9.79. The lowest BCUT2D eigenvalue weighted by Gasteiger charge is -2.22. The maximum atomic E-state index is 13.8. The van der Waals surface area contributed by atoms with Crippen molar-refractivity contribution < 1.29 is 4.39 Å². The van der Waals surface area contributed by atoms with Gasteiger partial charge in [0.25, 0.3) is 0 Å². The first-order chi connectivity index (χ1) is 18.4. The Morgan fingerprint density at radius 1 is 0.789 bits per heavy atom. The van der Waals surface area contributed by atoms with Crippen LogP contribution in [0.3, 0.4) is 0 Å². The highest BCUT2D eigenvalue weighted by Crippen LogP contribution is 2.44. The van der Waals surface area contributed by atoms with Gasteiger partial charge in [0.05, 0.1) is 11.4 Å². The molecule has 3 heteroatoms. The highest BCUT2D eigenvalue weighted by Gasteiger charge is 2.34. The van der Waals surface area contributed by atoms with Gasteiger partial charge in [-0.25, -0.2) is 4.39 Å². The number of nitrogens with zero attached hydrogens (tertiary/aromatic N) is 2. The number of aliphatic imine (C=N–C) groups is 1. The fourth-order valence-corrected chi connectivity index (χ4v) is 5.87. The Balaban J connectivity index is 1.40. The third-order valence-electron chi connectivity index (χ3n) is 7.63. The van der Waals surface area contributed by atoms with E-state index in [2.05, 4.69) is 117 Å². The summed E-state index contributed by atoms with van der Waals surface area (Å²) >= 11 is 0. The first kappa shape index (κ1) is 24.1. The van der Waals surface area contributed by atoms with Crippen molar-refractivity contribution >= 4 is 39.2 Å². The fraction of sp³-hybridized carbons (Fsp3) is 0.171. The van der Waals surface area contributed by atoms with Gasteiger partial charge in [-0.15, -0.1) is 0 Å². The molecule has 0 unspecified atom stereocenters. The van der Waals surface area contributed by atoms with Gasteiger partial charge < -0.3 is 4.57 Å². The third-order valence-corrected chi connectivity index (χ3v) is 7.63. The molecule has 1 aliphatic heterocycles. The van der Waals surface area contributed by atoms with Gasteiger partial charge in [0.1, 0.15) is 5.82 Å². The number of hydrogen-bond acceptors (Lipinski definition) is 1. The Hall–Kier alpha value is -4.24. The van der Waals surface area contributed by atoms with Crippen LogP contribution in [-0.2, 0) is 5.41 Å². The highest BCUT2D eigenvalue weighted by atomic mass is 19.1. The van der Waals surface area contributed by atoms with E-state index in [1.54, 1.807) is 0 Å². The van der Waals surface area contributed by atoms with Gasteiger partial charge in [-0.2, -0.15) is 0 Å². The van der Waals surface area contributed by atoms with E-state index in [-0.39, 0.29) is 17.3 Å². The number of halogens is 1. The molecule has 0 N–H and O–H groups in total. The summed E-state index contributed by atoms with van der Waals surface area (Å²) in [6, 6.07) is 28.3. The first-order valence-corrected chi connectivity index (χ1v) is 13.2. The van der Waals surface area contributed by atoms with Crippen LogP contribution in [0.25, 0.3) is 38.9 Å². The summed E-state index contributed by atoms with van der Waals surface area (Å²) < 4.78 is 16.1. The van der Waals surface area contributed by atoms with Crippen LogP contribution >= 0.6 is 0 Å². The number of aromatic nitrogens is 1. The quantitative estimate of drug-likeness (QED) is 0.215. The smallest absolute Gasteiger partial charge is 0.123 e. The molecule has 0 atom stereocenters. The molecule has 0 radical (unpaired) electrons. The summed E-state index contributed by atoms with van der Waals surface area (Å²) in [7, 11) is 0. The summed E-state index contributed by atoms with van der Waals surface area (Å²) in [6.07, 6.45) is 8.48. The van der Waals surface area contributed by atoms with Gasteiger partial charge in [-0.3, -0.25) is 4.99 Å². The van der Waals surface area contributed by atoms with E-state index in [1.165, 1.54) is 39.4 Å². The molecule has 0 amide bonds. The second-order valence-electron chi connectivity index (χ2n) is 10.8. The maximum Gasteiger partial charge on any atom is 0.123 e. The minimum absolute atomic E-state index is 0.188.